The summed E-state index contributed by atoms with van der Waals surface area (Å²) < 4.78 is 27.4. The van der Waals surface area contributed by atoms with Gasteiger partial charge in [-0.2, -0.15) is 8.78 Å². The number of hydrogen-bond donors (Lipinski definition) is 0. The zero-order valence-electron chi connectivity index (χ0n) is 6.21. The number of alkyl halides is 2. The van der Waals surface area contributed by atoms with Crippen molar-refractivity contribution in [2.75, 3.05) is 0 Å². The lowest BCUT2D eigenvalue weighted by Gasteiger charge is -2.03. The van der Waals surface area contributed by atoms with Gasteiger partial charge in [0.1, 0.15) is 5.75 Å². The van der Waals surface area contributed by atoms with Crippen molar-refractivity contribution in [3.05, 3.63) is 36.4 Å². The predicted octanol–water partition coefficient (Wildman–Crippen LogP) is 2.73. The van der Waals surface area contributed by atoms with E-state index in [9.17, 15) is 8.78 Å². The summed E-state index contributed by atoms with van der Waals surface area (Å²) in [6, 6.07) is 6.06. The van der Waals surface area contributed by atoms with Crippen LogP contribution >= 0.6 is 0 Å². The first-order valence-electron chi connectivity index (χ1n) is 3.32. The average molecular weight is 169 g/mol. The summed E-state index contributed by atoms with van der Waals surface area (Å²) >= 11 is 0. The van der Waals surface area contributed by atoms with Crippen LogP contribution in [0.5, 0.6) is 5.75 Å². The SMILES string of the molecule is [CH]=Cc1ccc(OC(F)F)cc1. The van der Waals surface area contributed by atoms with E-state index in [1.165, 1.54) is 18.2 Å². The second kappa shape index (κ2) is 3.85. The molecule has 0 fully saturated rings. The highest BCUT2D eigenvalue weighted by Gasteiger charge is 2.02. The van der Waals surface area contributed by atoms with Gasteiger partial charge in [-0.3, -0.25) is 0 Å². The zero-order valence-corrected chi connectivity index (χ0v) is 6.21. The maximum atomic E-state index is 11.6. The lowest BCUT2D eigenvalue weighted by molar-refractivity contribution is -0.0498. The number of rotatable bonds is 3. The number of ether oxygens (including phenoxy) is 1. The summed E-state index contributed by atoms with van der Waals surface area (Å²) in [6.07, 6.45) is 1.38. The van der Waals surface area contributed by atoms with Crippen molar-refractivity contribution in [2.45, 2.75) is 6.61 Å². The van der Waals surface area contributed by atoms with Crippen LogP contribution in [0.2, 0.25) is 0 Å². The van der Waals surface area contributed by atoms with Crippen molar-refractivity contribution in [3.8, 4) is 5.75 Å². The first-order valence-corrected chi connectivity index (χ1v) is 3.32. The van der Waals surface area contributed by atoms with Crippen LogP contribution in [0.3, 0.4) is 0 Å². The molecule has 0 aliphatic rings. The summed E-state index contributed by atoms with van der Waals surface area (Å²) in [4.78, 5) is 0. The van der Waals surface area contributed by atoms with Crippen molar-refractivity contribution in [2.24, 2.45) is 0 Å². The van der Waals surface area contributed by atoms with Crippen LogP contribution in [0.1, 0.15) is 5.56 Å². The Balaban J connectivity index is 2.71. The van der Waals surface area contributed by atoms with Crippen molar-refractivity contribution in [1.29, 1.82) is 0 Å². The second-order valence-corrected chi connectivity index (χ2v) is 2.11. The molecular weight excluding hydrogens is 162 g/mol. The molecule has 0 heterocycles. The third-order valence-electron chi connectivity index (χ3n) is 1.30. The second-order valence-electron chi connectivity index (χ2n) is 2.11. The molecule has 1 nitrogen and oxygen atoms in total. The van der Waals surface area contributed by atoms with Crippen LogP contribution in [0.15, 0.2) is 24.3 Å². The van der Waals surface area contributed by atoms with Crippen LogP contribution in [0.25, 0.3) is 6.08 Å². The third-order valence-corrected chi connectivity index (χ3v) is 1.30. The fraction of sp³-hybridized carbons (Fsp3) is 0.111. The first-order chi connectivity index (χ1) is 5.72. The molecule has 63 valence electrons. The third kappa shape index (κ3) is 2.34. The average Bonchev–Trinajstić information content (AvgIpc) is 2.05. The summed E-state index contributed by atoms with van der Waals surface area (Å²) in [7, 11) is 0. The Labute approximate surface area is 69.3 Å². The molecule has 0 aromatic heterocycles. The highest BCUT2D eigenvalue weighted by atomic mass is 19.3. The smallest absolute Gasteiger partial charge is 0.387 e. The normalized spacial score (nSPS) is 9.92. The minimum atomic E-state index is -2.78. The Hall–Kier alpha value is -1.38. The summed E-state index contributed by atoms with van der Waals surface area (Å²) in [5, 5.41) is 0. The lowest BCUT2D eigenvalue weighted by atomic mass is 10.2. The number of hydrogen-bond acceptors (Lipinski definition) is 1. The van der Waals surface area contributed by atoms with Gasteiger partial charge in [0.25, 0.3) is 0 Å². The monoisotopic (exact) mass is 169 g/mol. The Kier molecular flexibility index (Phi) is 2.80. The highest BCUT2D eigenvalue weighted by Crippen LogP contribution is 2.14. The molecular formula is C9H7F2O. The topological polar surface area (TPSA) is 9.23 Å². The fourth-order valence-corrected chi connectivity index (χ4v) is 0.760. The quantitative estimate of drug-likeness (QED) is 0.676. The van der Waals surface area contributed by atoms with E-state index in [1.54, 1.807) is 12.1 Å². The van der Waals surface area contributed by atoms with Gasteiger partial charge in [0.05, 0.1) is 0 Å². The van der Waals surface area contributed by atoms with E-state index < -0.39 is 6.61 Å². The van der Waals surface area contributed by atoms with E-state index in [0.29, 0.717) is 0 Å². The van der Waals surface area contributed by atoms with Crippen molar-refractivity contribution in [1.82, 2.24) is 0 Å². The Morgan fingerprint density at radius 1 is 1.25 bits per heavy atom. The molecule has 0 saturated carbocycles. The van der Waals surface area contributed by atoms with E-state index in [4.69, 9.17) is 6.58 Å². The molecule has 1 radical (unpaired) electrons. The van der Waals surface area contributed by atoms with Crippen LogP contribution in [0, 0.1) is 6.58 Å². The zero-order chi connectivity index (χ0) is 8.97. The van der Waals surface area contributed by atoms with E-state index in [-0.39, 0.29) is 5.75 Å². The number of halogens is 2. The highest BCUT2D eigenvalue weighted by molar-refractivity contribution is 5.47. The molecule has 12 heavy (non-hydrogen) atoms. The largest absolute Gasteiger partial charge is 0.435 e. The van der Waals surface area contributed by atoms with Gasteiger partial charge in [-0.05, 0) is 17.7 Å². The number of benzene rings is 1. The molecule has 3 heteroatoms. The molecule has 0 aliphatic carbocycles. The van der Waals surface area contributed by atoms with Crippen LogP contribution in [-0.4, -0.2) is 6.61 Å². The Morgan fingerprint density at radius 3 is 2.25 bits per heavy atom. The maximum Gasteiger partial charge on any atom is 0.387 e. The van der Waals surface area contributed by atoms with E-state index in [2.05, 4.69) is 4.74 Å². The van der Waals surface area contributed by atoms with E-state index in [1.807, 2.05) is 0 Å². The lowest BCUT2D eigenvalue weighted by Crippen LogP contribution is -2.01. The molecule has 0 aliphatic heterocycles. The molecule has 0 N–H and O–H groups in total. The molecule has 1 rings (SSSR count). The summed E-state index contributed by atoms with van der Waals surface area (Å²) in [5.74, 6) is 0.135. The molecule has 0 atom stereocenters. The van der Waals surface area contributed by atoms with Crippen molar-refractivity contribution >= 4 is 6.08 Å². The minimum Gasteiger partial charge on any atom is -0.435 e. The predicted molar refractivity (Wildman–Crippen MR) is 41.8 cm³/mol. The minimum absolute atomic E-state index is 0.135. The van der Waals surface area contributed by atoms with Gasteiger partial charge in [0.2, 0.25) is 0 Å². The molecule has 0 saturated heterocycles. The van der Waals surface area contributed by atoms with E-state index in [0.717, 1.165) is 5.56 Å². The van der Waals surface area contributed by atoms with Gasteiger partial charge >= 0.3 is 6.61 Å². The summed E-state index contributed by atoms with van der Waals surface area (Å²) in [6.45, 7) is 2.41. The molecule has 0 amide bonds. The molecule has 0 bridgehead atoms. The van der Waals surface area contributed by atoms with Crippen LogP contribution in [0.4, 0.5) is 8.78 Å². The van der Waals surface area contributed by atoms with E-state index >= 15 is 0 Å². The van der Waals surface area contributed by atoms with Gasteiger partial charge in [-0.15, -0.1) is 0 Å². The maximum absolute atomic E-state index is 11.6. The first kappa shape index (κ1) is 8.71. The van der Waals surface area contributed by atoms with Gasteiger partial charge < -0.3 is 4.74 Å². The van der Waals surface area contributed by atoms with Crippen LogP contribution in [-0.2, 0) is 0 Å². The molecule has 0 unspecified atom stereocenters. The van der Waals surface area contributed by atoms with Crippen molar-refractivity contribution < 1.29 is 13.5 Å². The standard InChI is InChI=1S/C9H7F2O/c1-2-7-3-5-8(6-4-7)12-9(10)11/h1-6,9H. The van der Waals surface area contributed by atoms with Gasteiger partial charge in [-0.25, -0.2) is 0 Å². The van der Waals surface area contributed by atoms with Crippen molar-refractivity contribution in [3.63, 3.8) is 0 Å². The Bertz CT molecular complexity index is 254. The molecule has 0 spiro atoms. The molecule has 1 aromatic carbocycles. The van der Waals surface area contributed by atoms with Gasteiger partial charge in [-0.1, -0.05) is 24.8 Å². The summed E-state index contributed by atoms with van der Waals surface area (Å²) in [5.41, 5.74) is 0.761. The van der Waals surface area contributed by atoms with Crippen LogP contribution < -0.4 is 4.74 Å². The van der Waals surface area contributed by atoms with Gasteiger partial charge in [0.15, 0.2) is 0 Å². The molecule has 1 aromatic rings. The van der Waals surface area contributed by atoms with Gasteiger partial charge in [0, 0.05) is 0 Å². The fourth-order valence-electron chi connectivity index (χ4n) is 0.760. The Morgan fingerprint density at radius 2 is 1.83 bits per heavy atom.